The maximum atomic E-state index is 11.9. The first kappa shape index (κ1) is 16.8. The number of hydrogen-bond donors (Lipinski definition) is 3. The molecule has 2 rings (SSSR count). The Morgan fingerprint density at radius 3 is 2.64 bits per heavy atom. The van der Waals surface area contributed by atoms with E-state index in [-0.39, 0.29) is 24.5 Å². The Hall–Kier alpha value is -1.56. The van der Waals surface area contributed by atoms with Gasteiger partial charge in [-0.3, -0.25) is 4.79 Å². The first-order valence-electron chi connectivity index (χ1n) is 7.65. The zero-order valence-corrected chi connectivity index (χ0v) is 14.3. The van der Waals surface area contributed by atoms with E-state index < -0.39 is 0 Å². The van der Waals surface area contributed by atoms with Gasteiger partial charge in [0.1, 0.15) is 0 Å². The standard InChI is InChI=1S/C16H22BrN3O2/c1-11-7-8-14(13(17)9-11)20-15(21)10-18-16(22)19-12-5-3-2-4-6-12/h7-9,12H,2-6,10H2,1H3,(H,20,21)(H2,18,19,22). The molecule has 3 N–H and O–H groups in total. The minimum atomic E-state index is -0.273. The molecule has 6 heteroatoms. The number of carbonyl (C=O) groups excluding carboxylic acids is 2. The van der Waals surface area contributed by atoms with Gasteiger partial charge in [0.25, 0.3) is 0 Å². The van der Waals surface area contributed by atoms with Gasteiger partial charge >= 0.3 is 6.03 Å². The number of aryl methyl sites for hydroxylation is 1. The molecule has 0 radical (unpaired) electrons. The molecule has 0 saturated heterocycles. The zero-order valence-electron chi connectivity index (χ0n) is 12.7. The first-order chi connectivity index (χ1) is 10.5. The quantitative estimate of drug-likeness (QED) is 0.763. The summed E-state index contributed by atoms with van der Waals surface area (Å²) in [7, 11) is 0. The summed E-state index contributed by atoms with van der Waals surface area (Å²) < 4.78 is 0.826. The van der Waals surface area contributed by atoms with Gasteiger partial charge in [0.2, 0.25) is 5.91 Å². The van der Waals surface area contributed by atoms with Crippen molar-refractivity contribution in [2.75, 3.05) is 11.9 Å². The van der Waals surface area contributed by atoms with Crippen LogP contribution in [0, 0.1) is 6.92 Å². The lowest BCUT2D eigenvalue weighted by atomic mass is 9.96. The van der Waals surface area contributed by atoms with Crippen molar-refractivity contribution in [1.82, 2.24) is 10.6 Å². The highest BCUT2D eigenvalue weighted by Crippen LogP contribution is 2.23. The van der Waals surface area contributed by atoms with Crippen molar-refractivity contribution in [2.24, 2.45) is 0 Å². The lowest BCUT2D eigenvalue weighted by molar-refractivity contribution is -0.115. The molecule has 0 aromatic heterocycles. The maximum Gasteiger partial charge on any atom is 0.315 e. The van der Waals surface area contributed by atoms with Crippen LogP contribution < -0.4 is 16.0 Å². The fourth-order valence-corrected chi connectivity index (χ4v) is 3.15. The summed E-state index contributed by atoms with van der Waals surface area (Å²) in [5.74, 6) is -0.247. The van der Waals surface area contributed by atoms with Gasteiger partial charge in [-0.25, -0.2) is 4.79 Å². The van der Waals surface area contributed by atoms with Crippen molar-refractivity contribution < 1.29 is 9.59 Å². The van der Waals surface area contributed by atoms with E-state index >= 15 is 0 Å². The van der Waals surface area contributed by atoms with Crippen LogP contribution >= 0.6 is 15.9 Å². The summed E-state index contributed by atoms with van der Waals surface area (Å²) in [5, 5.41) is 8.29. The molecule has 1 aliphatic rings. The Labute approximate surface area is 139 Å². The molecule has 0 atom stereocenters. The van der Waals surface area contributed by atoms with Crippen LogP contribution in [-0.2, 0) is 4.79 Å². The van der Waals surface area contributed by atoms with Crippen LogP contribution in [0.2, 0.25) is 0 Å². The second-order valence-electron chi connectivity index (χ2n) is 5.69. The SMILES string of the molecule is Cc1ccc(NC(=O)CNC(=O)NC2CCCCC2)c(Br)c1. The second-order valence-corrected chi connectivity index (χ2v) is 6.55. The van der Waals surface area contributed by atoms with Crippen molar-refractivity contribution >= 4 is 33.6 Å². The zero-order chi connectivity index (χ0) is 15.9. The predicted molar refractivity (Wildman–Crippen MR) is 90.9 cm³/mol. The Balaban J connectivity index is 1.73. The number of hydrogen-bond acceptors (Lipinski definition) is 2. The first-order valence-corrected chi connectivity index (χ1v) is 8.44. The maximum absolute atomic E-state index is 11.9. The van der Waals surface area contributed by atoms with Crippen molar-refractivity contribution in [2.45, 2.75) is 45.1 Å². The molecule has 1 aromatic rings. The van der Waals surface area contributed by atoms with E-state index in [0.29, 0.717) is 5.69 Å². The largest absolute Gasteiger partial charge is 0.335 e. The highest BCUT2D eigenvalue weighted by molar-refractivity contribution is 9.10. The fraction of sp³-hybridized carbons (Fsp3) is 0.500. The van der Waals surface area contributed by atoms with E-state index in [1.807, 2.05) is 25.1 Å². The third kappa shape index (κ3) is 5.33. The Morgan fingerprint density at radius 1 is 1.23 bits per heavy atom. The summed E-state index contributed by atoms with van der Waals surface area (Å²) >= 11 is 3.41. The minimum Gasteiger partial charge on any atom is -0.335 e. The molecule has 0 bridgehead atoms. The molecular weight excluding hydrogens is 346 g/mol. The van der Waals surface area contributed by atoms with Gasteiger partial charge in [0, 0.05) is 10.5 Å². The van der Waals surface area contributed by atoms with E-state index in [0.717, 1.165) is 35.7 Å². The van der Waals surface area contributed by atoms with Gasteiger partial charge in [0.15, 0.2) is 0 Å². The van der Waals surface area contributed by atoms with Crippen molar-refractivity contribution in [3.63, 3.8) is 0 Å². The van der Waals surface area contributed by atoms with Crippen LogP contribution in [0.3, 0.4) is 0 Å². The summed E-state index contributed by atoms with van der Waals surface area (Å²) in [4.78, 5) is 23.6. The number of amides is 3. The number of urea groups is 1. The normalized spacial score (nSPS) is 15.2. The number of benzene rings is 1. The molecule has 1 saturated carbocycles. The Bertz CT molecular complexity index is 542. The molecule has 0 aliphatic heterocycles. The number of halogens is 1. The Kier molecular flexibility index (Phi) is 6.24. The molecule has 0 spiro atoms. The highest BCUT2D eigenvalue weighted by atomic mass is 79.9. The second kappa shape index (κ2) is 8.17. The number of carbonyl (C=O) groups is 2. The van der Waals surface area contributed by atoms with Crippen molar-refractivity contribution in [3.8, 4) is 0 Å². The van der Waals surface area contributed by atoms with E-state index in [9.17, 15) is 9.59 Å². The fourth-order valence-electron chi connectivity index (χ4n) is 2.56. The highest BCUT2D eigenvalue weighted by Gasteiger charge is 2.16. The van der Waals surface area contributed by atoms with E-state index in [2.05, 4.69) is 31.9 Å². The molecule has 0 unspecified atom stereocenters. The molecule has 3 amide bonds. The lowest BCUT2D eigenvalue weighted by Gasteiger charge is -2.22. The molecule has 5 nitrogen and oxygen atoms in total. The molecular formula is C16H22BrN3O2. The van der Waals surface area contributed by atoms with E-state index in [1.54, 1.807) is 0 Å². The topological polar surface area (TPSA) is 70.2 Å². The minimum absolute atomic E-state index is 0.0428. The predicted octanol–water partition coefficient (Wildman–Crippen LogP) is 3.33. The van der Waals surface area contributed by atoms with Gasteiger partial charge < -0.3 is 16.0 Å². The lowest BCUT2D eigenvalue weighted by Crippen LogP contribution is -2.45. The summed E-state index contributed by atoms with van der Waals surface area (Å²) in [6.45, 7) is 1.94. The smallest absolute Gasteiger partial charge is 0.315 e. The molecule has 120 valence electrons. The molecule has 1 aliphatic carbocycles. The van der Waals surface area contributed by atoms with Gasteiger partial charge in [-0.15, -0.1) is 0 Å². The monoisotopic (exact) mass is 367 g/mol. The van der Waals surface area contributed by atoms with Crippen molar-refractivity contribution in [1.29, 1.82) is 0 Å². The summed E-state index contributed by atoms with van der Waals surface area (Å²) in [5.41, 5.74) is 1.81. The van der Waals surface area contributed by atoms with E-state index in [1.165, 1.54) is 6.42 Å². The number of rotatable bonds is 4. The van der Waals surface area contributed by atoms with Gasteiger partial charge in [0.05, 0.1) is 12.2 Å². The number of anilines is 1. The Morgan fingerprint density at radius 2 is 1.95 bits per heavy atom. The third-order valence-electron chi connectivity index (χ3n) is 3.75. The molecule has 22 heavy (non-hydrogen) atoms. The van der Waals surface area contributed by atoms with Gasteiger partial charge in [-0.1, -0.05) is 25.3 Å². The number of nitrogens with one attached hydrogen (secondary N) is 3. The average molecular weight is 368 g/mol. The van der Waals surface area contributed by atoms with Crippen LogP contribution in [0.4, 0.5) is 10.5 Å². The van der Waals surface area contributed by atoms with Gasteiger partial charge in [-0.2, -0.15) is 0 Å². The molecule has 0 heterocycles. The summed E-state index contributed by atoms with van der Waals surface area (Å²) in [6.07, 6.45) is 5.61. The molecule has 1 aromatic carbocycles. The third-order valence-corrected chi connectivity index (χ3v) is 4.40. The van der Waals surface area contributed by atoms with Crippen LogP contribution in [0.5, 0.6) is 0 Å². The van der Waals surface area contributed by atoms with Gasteiger partial charge in [-0.05, 0) is 53.4 Å². The molecule has 1 fully saturated rings. The average Bonchev–Trinajstić information content (AvgIpc) is 2.49. The van der Waals surface area contributed by atoms with Crippen LogP contribution in [0.15, 0.2) is 22.7 Å². The summed E-state index contributed by atoms with van der Waals surface area (Å²) in [6, 6.07) is 5.65. The van der Waals surface area contributed by atoms with Crippen LogP contribution in [0.25, 0.3) is 0 Å². The van der Waals surface area contributed by atoms with Crippen LogP contribution in [-0.4, -0.2) is 24.5 Å². The van der Waals surface area contributed by atoms with Crippen LogP contribution in [0.1, 0.15) is 37.7 Å². The van der Waals surface area contributed by atoms with E-state index in [4.69, 9.17) is 0 Å². The van der Waals surface area contributed by atoms with Crippen molar-refractivity contribution in [3.05, 3.63) is 28.2 Å².